The molecule has 0 radical (unpaired) electrons. The van der Waals surface area contributed by atoms with Crippen LogP contribution in [-0.2, 0) is 16.1 Å². The zero-order valence-corrected chi connectivity index (χ0v) is 13.4. The number of aryl methyl sites for hydroxylation is 1. The van der Waals surface area contributed by atoms with Crippen LogP contribution in [0.3, 0.4) is 0 Å². The minimum Gasteiger partial charge on any atom is -0.370 e. The lowest BCUT2D eigenvalue weighted by Gasteiger charge is -2.33. The number of morpholine rings is 1. The van der Waals surface area contributed by atoms with Crippen LogP contribution in [0.4, 0.5) is 0 Å². The topological polar surface area (TPSA) is 73.1 Å². The summed E-state index contributed by atoms with van der Waals surface area (Å²) in [6.45, 7) is 2.40. The molecular formula is C15H18ClN5O2. The fraction of sp³-hybridized carbons (Fsp3) is 0.467. The largest absolute Gasteiger partial charge is 0.370 e. The lowest BCUT2D eigenvalue weighted by atomic mass is 10.1. The van der Waals surface area contributed by atoms with Gasteiger partial charge in [-0.1, -0.05) is 23.7 Å². The van der Waals surface area contributed by atoms with Gasteiger partial charge < -0.3 is 9.64 Å². The molecule has 1 aromatic carbocycles. The molecule has 0 aliphatic carbocycles. The molecule has 0 saturated carbocycles. The van der Waals surface area contributed by atoms with Crippen molar-refractivity contribution in [1.82, 2.24) is 25.1 Å². The van der Waals surface area contributed by atoms with Crippen molar-refractivity contribution in [2.24, 2.45) is 0 Å². The van der Waals surface area contributed by atoms with Crippen LogP contribution >= 0.6 is 11.6 Å². The molecule has 0 bridgehead atoms. The van der Waals surface area contributed by atoms with Gasteiger partial charge in [-0.15, -0.1) is 5.10 Å². The summed E-state index contributed by atoms with van der Waals surface area (Å²) in [5.74, 6) is 0.139. The fourth-order valence-corrected chi connectivity index (χ4v) is 2.71. The number of hydrogen-bond acceptors (Lipinski definition) is 5. The number of halogens is 1. The highest BCUT2D eigenvalue weighted by Crippen LogP contribution is 2.24. The average Bonchev–Trinajstić information content (AvgIpc) is 3.09. The molecule has 1 aromatic heterocycles. The summed E-state index contributed by atoms with van der Waals surface area (Å²) < 4.78 is 7.41. The predicted molar refractivity (Wildman–Crippen MR) is 83.8 cm³/mol. The third-order valence-electron chi connectivity index (χ3n) is 3.83. The van der Waals surface area contributed by atoms with Crippen molar-refractivity contribution in [3.8, 4) is 0 Å². The van der Waals surface area contributed by atoms with Crippen molar-refractivity contribution < 1.29 is 9.53 Å². The first-order valence-corrected chi connectivity index (χ1v) is 7.96. The summed E-state index contributed by atoms with van der Waals surface area (Å²) in [6.07, 6.45) is 2.65. The van der Waals surface area contributed by atoms with Gasteiger partial charge in [0, 0.05) is 24.5 Å². The normalized spacial score (nSPS) is 18.1. The molecule has 122 valence electrons. The zero-order valence-electron chi connectivity index (χ0n) is 12.6. The number of ether oxygens (including phenoxy) is 1. The van der Waals surface area contributed by atoms with Gasteiger partial charge in [0.1, 0.15) is 12.4 Å². The van der Waals surface area contributed by atoms with E-state index in [1.807, 2.05) is 29.2 Å². The van der Waals surface area contributed by atoms with Crippen LogP contribution in [0.2, 0.25) is 5.02 Å². The molecule has 1 fully saturated rings. The second-order valence-corrected chi connectivity index (χ2v) is 5.86. The molecule has 0 spiro atoms. The Bertz CT molecular complexity index is 632. The Morgan fingerprint density at radius 3 is 2.91 bits per heavy atom. The van der Waals surface area contributed by atoms with Crippen LogP contribution in [0.25, 0.3) is 0 Å². The molecule has 1 atom stereocenters. The predicted octanol–water partition coefficient (Wildman–Crippen LogP) is 1.71. The van der Waals surface area contributed by atoms with E-state index in [4.69, 9.17) is 16.3 Å². The highest BCUT2D eigenvalue weighted by atomic mass is 35.5. The van der Waals surface area contributed by atoms with E-state index in [0.717, 1.165) is 5.56 Å². The SMILES string of the molecule is O=C(CCCn1cnnn1)N1CCOC(c2ccc(Cl)cc2)C1. The van der Waals surface area contributed by atoms with E-state index in [0.29, 0.717) is 44.1 Å². The molecular weight excluding hydrogens is 318 g/mol. The number of carbonyl (C=O) groups is 1. The first kappa shape index (κ1) is 15.9. The van der Waals surface area contributed by atoms with Crippen LogP contribution in [0, 0.1) is 0 Å². The summed E-state index contributed by atoms with van der Waals surface area (Å²) >= 11 is 5.91. The second-order valence-electron chi connectivity index (χ2n) is 5.43. The minimum atomic E-state index is -0.0931. The van der Waals surface area contributed by atoms with Crippen LogP contribution in [0.1, 0.15) is 24.5 Å². The Morgan fingerprint density at radius 1 is 1.35 bits per heavy atom. The Balaban J connectivity index is 1.51. The van der Waals surface area contributed by atoms with Crippen molar-refractivity contribution >= 4 is 17.5 Å². The van der Waals surface area contributed by atoms with E-state index in [1.165, 1.54) is 0 Å². The number of carbonyl (C=O) groups excluding carboxylic acids is 1. The third-order valence-corrected chi connectivity index (χ3v) is 4.08. The van der Waals surface area contributed by atoms with E-state index >= 15 is 0 Å². The number of aromatic nitrogens is 4. The minimum absolute atomic E-state index is 0.0931. The first-order chi connectivity index (χ1) is 11.2. The monoisotopic (exact) mass is 335 g/mol. The van der Waals surface area contributed by atoms with E-state index in [9.17, 15) is 4.79 Å². The van der Waals surface area contributed by atoms with Gasteiger partial charge in [0.15, 0.2) is 0 Å². The summed E-state index contributed by atoms with van der Waals surface area (Å²) in [7, 11) is 0. The van der Waals surface area contributed by atoms with E-state index in [-0.39, 0.29) is 12.0 Å². The van der Waals surface area contributed by atoms with Gasteiger partial charge >= 0.3 is 0 Å². The van der Waals surface area contributed by atoms with Gasteiger partial charge in [-0.05, 0) is 34.5 Å². The summed E-state index contributed by atoms with van der Waals surface area (Å²) in [5.41, 5.74) is 1.04. The van der Waals surface area contributed by atoms with Crippen LogP contribution in [0.15, 0.2) is 30.6 Å². The number of benzene rings is 1. The molecule has 3 rings (SSSR count). The molecule has 0 N–H and O–H groups in total. The van der Waals surface area contributed by atoms with Crippen molar-refractivity contribution in [1.29, 1.82) is 0 Å². The quantitative estimate of drug-likeness (QED) is 0.831. The van der Waals surface area contributed by atoms with Crippen LogP contribution in [-0.4, -0.2) is 50.7 Å². The van der Waals surface area contributed by atoms with E-state index < -0.39 is 0 Å². The summed E-state index contributed by atoms with van der Waals surface area (Å²) in [4.78, 5) is 14.2. The van der Waals surface area contributed by atoms with Gasteiger partial charge in [0.05, 0.1) is 13.2 Å². The Labute approximate surface area is 139 Å². The molecule has 8 heteroatoms. The average molecular weight is 336 g/mol. The molecule has 2 heterocycles. The molecule has 1 unspecified atom stereocenters. The van der Waals surface area contributed by atoms with Crippen molar-refractivity contribution in [2.45, 2.75) is 25.5 Å². The van der Waals surface area contributed by atoms with Crippen LogP contribution in [0.5, 0.6) is 0 Å². The van der Waals surface area contributed by atoms with Crippen molar-refractivity contribution in [2.75, 3.05) is 19.7 Å². The number of hydrogen-bond donors (Lipinski definition) is 0. The summed E-state index contributed by atoms with van der Waals surface area (Å²) in [6, 6.07) is 7.57. The number of nitrogens with zero attached hydrogens (tertiary/aromatic N) is 5. The highest BCUT2D eigenvalue weighted by Gasteiger charge is 2.25. The number of rotatable bonds is 5. The highest BCUT2D eigenvalue weighted by molar-refractivity contribution is 6.30. The Morgan fingerprint density at radius 2 is 2.17 bits per heavy atom. The molecule has 1 saturated heterocycles. The maximum absolute atomic E-state index is 12.3. The smallest absolute Gasteiger partial charge is 0.222 e. The van der Waals surface area contributed by atoms with E-state index in [1.54, 1.807) is 11.0 Å². The van der Waals surface area contributed by atoms with Gasteiger partial charge in [-0.3, -0.25) is 4.79 Å². The van der Waals surface area contributed by atoms with Crippen molar-refractivity contribution in [3.63, 3.8) is 0 Å². The zero-order chi connectivity index (χ0) is 16.1. The summed E-state index contributed by atoms with van der Waals surface area (Å²) in [5, 5.41) is 11.6. The molecule has 1 aliphatic heterocycles. The van der Waals surface area contributed by atoms with Crippen molar-refractivity contribution in [3.05, 3.63) is 41.2 Å². The first-order valence-electron chi connectivity index (χ1n) is 7.58. The number of amides is 1. The molecule has 1 aliphatic rings. The van der Waals surface area contributed by atoms with Gasteiger partial charge in [-0.2, -0.15) is 0 Å². The maximum Gasteiger partial charge on any atom is 0.222 e. The number of tetrazole rings is 1. The molecule has 1 amide bonds. The van der Waals surface area contributed by atoms with Gasteiger partial charge in [-0.25, -0.2) is 4.68 Å². The maximum atomic E-state index is 12.3. The van der Waals surface area contributed by atoms with Gasteiger partial charge in [0.25, 0.3) is 0 Å². The third kappa shape index (κ3) is 4.27. The fourth-order valence-electron chi connectivity index (χ4n) is 2.59. The lowest BCUT2D eigenvalue weighted by molar-refractivity contribution is -0.139. The lowest BCUT2D eigenvalue weighted by Crippen LogP contribution is -2.42. The Hall–Kier alpha value is -1.99. The van der Waals surface area contributed by atoms with Gasteiger partial charge in [0.2, 0.25) is 5.91 Å². The standard InChI is InChI=1S/C15H18ClN5O2/c16-13-5-3-12(4-6-13)14-10-20(8-9-23-14)15(22)2-1-7-21-11-17-18-19-21/h3-6,11,14H,1-2,7-10H2. The second kappa shape index (κ2) is 7.52. The van der Waals surface area contributed by atoms with E-state index in [2.05, 4.69) is 15.5 Å². The Kier molecular flexibility index (Phi) is 5.19. The molecule has 2 aromatic rings. The molecule has 23 heavy (non-hydrogen) atoms. The van der Waals surface area contributed by atoms with Crippen LogP contribution < -0.4 is 0 Å². The molecule has 7 nitrogen and oxygen atoms in total.